The first-order chi connectivity index (χ1) is 73.8. The predicted octanol–water partition coefficient (Wildman–Crippen LogP) is 40.8. The van der Waals surface area contributed by atoms with E-state index in [9.17, 15) is 0 Å². The SMILES string of the molecule is Brc1ccc(-c2c3ccccc3c(-c3ccccc3)c3ccccc23)cc1.c1ccc(-c2c3ccccc3c(-c3ccc(N(c4ccc(-c5ccc(-c6cccc7ccccc67)cc5)cc4)c4ccc(-c5ccc6c(c5)c5ccccc5n6-c5ccccc5)cc4)cc3)c3ccccc23)cc1.c1ccc(-n2c3ccccc3c3cc(-c4ccc(Nc5ccc(-c6ccc(-c7cccc8ccccc78)cc6)cc5)cc4)ccc32)cc1. The minimum Gasteiger partial charge on any atom is -0.356 e. The Morgan fingerprint density at radius 2 is 0.383 bits per heavy atom. The van der Waals surface area contributed by atoms with E-state index in [0.717, 1.165) is 38.6 Å². The summed E-state index contributed by atoms with van der Waals surface area (Å²) in [6, 6.07) is 211. The second kappa shape index (κ2) is 39.6. The molecular formula is C144H97BrN4. The highest BCUT2D eigenvalue weighted by atomic mass is 79.9. The number of rotatable bonds is 17. The van der Waals surface area contributed by atoms with Crippen molar-refractivity contribution in [2.75, 3.05) is 10.2 Å². The number of hydrogen-bond donors (Lipinski definition) is 1. The Labute approximate surface area is 874 Å². The van der Waals surface area contributed by atoms with E-state index in [4.69, 9.17) is 0 Å². The average molecular weight is 1960 g/mol. The summed E-state index contributed by atoms with van der Waals surface area (Å²) >= 11 is 3.56. The van der Waals surface area contributed by atoms with Crippen molar-refractivity contribution in [2.45, 2.75) is 0 Å². The number of anilines is 5. The molecule has 0 aliphatic carbocycles. The molecule has 5 heteroatoms. The first kappa shape index (κ1) is 90.0. The van der Waals surface area contributed by atoms with Gasteiger partial charge in [-0.3, -0.25) is 0 Å². The van der Waals surface area contributed by atoms with E-state index in [-0.39, 0.29) is 0 Å². The molecule has 0 saturated carbocycles. The molecule has 0 atom stereocenters. The van der Waals surface area contributed by atoms with E-state index in [1.54, 1.807) is 0 Å². The Morgan fingerprint density at radius 3 is 0.718 bits per heavy atom. The molecule has 0 aliphatic heterocycles. The van der Waals surface area contributed by atoms with Crippen molar-refractivity contribution in [3.63, 3.8) is 0 Å². The van der Waals surface area contributed by atoms with Crippen LogP contribution in [0.25, 0.3) is 231 Å². The first-order valence-corrected chi connectivity index (χ1v) is 51.8. The fourth-order valence-corrected chi connectivity index (χ4v) is 22.7. The summed E-state index contributed by atoms with van der Waals surface area (Å²) in [6.45, 7) is 0. The molecule has 2 heterocycles. The second-order valence-corrected chi connectivity index (χ2v) is 39.1. The quantitative estimate of drug-likeness (QED) is 0.0919. The summed E-state index contributed by atoms with van der Waals surface area (Å²) in [6.07, 6.45) is 0. The largest absolute Gasteiger partial charge is 0.356 e. The van der Waals surface area contributed by atoms with E-state index >= 15 is 0 Å². The fourth-order valence-electron chi connectivity index (χ4n) is 22.5. The van der Waals surface area contributed by atoms with Gasteiger partial charge in [0, 0.05) is 65.8 Å². The van der Waals surface area contributed by atoms with E-state index in [0.29, 0.717) is 0 Å². The fraction of sp³-hybridized carbons (Fsp3) is 0. The lowest BCUT2D eigenvalue weighted by Gasteiger charge is -2.26. The minimum atomic E-state index is 1.06. The van der Waals surface area contributed by atoms with Crippen molar-refractivity contribution in [2.24, 2.45) is 0 Å². The normalized spacial score (nSPS) is 11.4. The third-order valence-corrected chi connectivity index (χ3v) is 30.1. The smallest absolute Gasteiger partial charge is 0.0541 e. The van der Waals surface area contributed by atoms with Crippen LogP contribution in [0.5, 0.6) is 0 Å². The van der Waals surface area contributed by atoms with Crippen molar-refractivity contribution in [3.05, 3.63) is 587 Å². The van der Waals surface area contributed by atoms with Gasteiger partial charge in [0.15, 0.2) is 0 Å². The second-order valence-electron chi connectivity index (χ2n) is 38.2. The third-order valence-electron chi connectivity index (χ3n) is 29.5. The van der Waals surface area contributed by atoms with Gasteiger partial charge < -0.3 is 19.4 Å². The monoisotopic (exact) mass is 1960 g/mol. The van der Waals surface area contributed by atoms with Crippen molar-refractivity contribution in [1.82, 2.24) is 9.13 Å². The Bertz CT molecular complexity index is 9710. The highest BCUT2D eigenvalue weighted by Gasteiger charge is 2.24. The van der Waals surface area contributed by atoms with Crippen molar-refractivity contribution in [3.8, 4) is 123 Å². The van der Waals surface area contributed by atoms with Crippen LogP contribution in [0.15, 0.2) is 587 Å². The van der Waals surface area contributed by atoms with Gasteiger partial charge in [0.25, 0.3) is 0 Å². The number of nitrogens with one attached hydrogen (secondary N) is 1. The Hall–Kier alpha value is -19.0. The molecule has 0 amide bonds. The predicted molar refractivity (Wildman–Crippen MR) is 640 cm³/mol. The highest BCUT2D eigenvalue weighted by Crippen LogP contribution is 2.50. The molecule has 2 aromatic heterocycles. The van der Waals surface area contributed by atoms with Gasteiger partial charge in [0.1, 0.15) is 0 Å². The van der Waals surface area contributed by atoms with E-state index in [1.165, 1.54) is 225 Å². The van der Waals surface area contributed by atoms with Crippen LogP contribution in [0.4, 0.5) is 28.4 Å². The molecule has 0 saturated heterocycles. The zero-order valence-corrected chi connectivity index (χ0v) is 83.2. The first-order valence-electron chi connectivity index (χ1n) is 51.0. The zero-order valence-electron chi connectivity index (χ0n) is 81.6. The lowest BCUT2D eigenvalue weighted by Crippen LogP contribution is -2.09. The highest BCUT2D eigenvalue weighted by molar-refractivity contribution is 9.10. The van der Waals surface area contributed by atoms with Crippen LogP contribution in [0.1, 0.15) is 0 Å². The minimum absolute atomic E-state index is 1.06. The molecule has 700 valence electrons. The summed E-state index contributed by atoms with van der Waals surface area (Å²) in [5.74, 6) is 0. The Balaban J connectivity index is 0.000000127. The number of para-hydroxylation sites is 4. The van der Waals surface area contributed by atoms with Gasteiger partial charge in [-0.25, -0.2) is 0 Å². The number of benzene rings is 26. The summed E-state index contributed by atoms with van der Waals surface area (Å²) in [5.41, 5.74) is 37.1. The van der Waals surface area contributed by atoms with Crippen LogP contribution in [0.3, 0.4) is 0 Å². The van der Waals surface area contributed by atoms with Crippen LogP contribution in [-0.2, 0) is 0 Å². The molecular weight excluding hydrogens is 1870 g/mol. The maximum atomic E-state index is 3.58. The molecule has 0 bridgehead atoms. The average Bonchev–Trinajstić information content (AvgIpc) is 1.47. The summed E-state index contributed by atoms with van der Waals surface area (Å²) in [4.78, 5) is 2.38. The lowest BCUT2D eigenvalue weighted by molar-refractivity contribution is 1.18. The summed E-state index contributed by atoms with van der Waals surface area (Å²) in [7, 11) is 0. The molecule has 4 nitrogen and oxygen atoms in total. The summed E-state index contributed by atoms with van der Waals surface area (Å²) in [5, 5.41) is 23.8. The Morgan fingerprint density at radius 1 is 0.154 bits per heavy atom. The van der Waals surface area contributed by atoms with Crippen LogP contribution in [0.2, 0.25) is 0 Å². The van der Waals surface area contributed by atoms with Crippen LogP contribution < -0.4 is 10.2 Å². The van der Waals surface area contributed by atoms with Crippen LogP contribution in [0, 0.1) is 0 Å². The van der Waals surface area contributed by atoms with Gasteiger partial charge in [-0.05, 0) is 309 Å². The van der Waals surface area contributed by atoms with Gasteiger partial charge in [-0.1, -0.05) is 465 Å². The van der Waals surface area contributed by atoms with Crippen molar-refractivity contribution < 1.29 is 0 Å². The van der Waals surface area contributed by atoms with Crippen LogP contribution in [-0.4, -0.2) is 9.13 Å². The van der Waals surface area contributed by atoms with Crippen molar-refractivity contribution >= 4 is 153 Å². The van der Waals surface area contributed by atoms with Crippen molar-refractivity contribution in [1.29, 1.82) is 0 Å². The number of fused-ring (bicyclic) bond motifs is 12. The molecule has 26 aromatic carbocycles. The molecule has 0 aliphatic rings. The van der Waals surface area contributed by atoms with Gasteiger partial charge >= 0.3 is 0 Å². The van der Waals surface area contributed by atoms with E-state index < -0.39 is 0 Å². The van der Waals surface area contributed by atoms with Gasteiger partial charge in [0.05, 0.1) is 22.1 Å². The zero-order chi connectivity index (χ0) is 99.0. The third kappa shape index (κ3) is 17.3. The maximum absolute atomic E-state index is 3.58. The van der Waals surface area contributed by atoms with Gasteiger partial charge in [-0.2, -0.15) is 0 Å². The summed E-state index contributed by atoms with van der Waals surface area (Å²) < 4.78 is 5.83. The standard InChI is InChI=1S/C72H48N2.C46H32N2.C26H17Br/c1-3-17-54(18-4-1)71-64-24-9-11-26-66(64)72(67-27-12-10-25-65(67)71)55-38-45-60(46-39-55)73(58-41-34-50(35-42-58)49-30-32-53(33-31-49)62-28-15-19-52-16-7-8-22-61(52)62)59-43-36-51(37-44-59)56-40-47-70-68(48-56)63-23-13-14-29-69(63)74(70)57-20-5-2-6-21-57;1-2-11-40(12-3-1)48-45-16-7-6-14-43(45)44-31-37(25-30-46(44)48)34-23-28-39(29-24-34)47-38-26-21-33(22-27-38)32-17-19-36(20-18-32)42-15-8-10-35-9-4-5-13-41(35)42;27-20-16-14-19(15-17-20)26-23-12-6-4-10-21(23)25(18-8-2-1-3-9-18)22-11-5-7-13-24(22)26/h1-48H;1-31,47H;1-17H. The molecule has 28 rings (SSSR count). The molecule has 0 radical (unpaired) electrons. The number of halogens is 1. The Kier molecular flexibility index (Phi) is 23.9. The van der Waals surface area contributed by atoms with Gasteiger partial charge in [0.2, 0.25) is 0 Å². The molecule has 1 N–H and O–H groups in total. The number of aromatic nitrogens is 2. The number of nitrogens with zero attached hydrogens (tertiary/aromatic N) is 3. The molecule has 0 fully saturated rings. The van der Waals surface area contributed by atoms with E-state index in [2.05, 4.69) is 618 Å². The maximum Gasteiger partial charge on any atom is 0.0541 e. The van der Waals surface area contributed by atoms with Gasteiger partial charge in [-0.15, -0.1) is 0 Å². The van der Waals surface area contributed by atoms with Crippen LogP contribution >= 0.6 is 15.9 Å². The molecule has 149 heavy (non-hydrogen) atoms. The van der Waals surface area contributed by atoms with E-state index in [1.807, 2.05) is 0 Å². The lowest BCUT2D eigenvalue weighted by atomic mass is 9.86. The molecule has 28 aromatic rings. The molecule has 0 spiro atoms. The number of hydrogen-bond acceptors (Lipinski definition) is 2. The molecule has 0 unspecified atom stereocenters. The topological polar surface area (TPSA) is 25.1 Å².